The van der Waals surface area contributed by atoms with Crippen LogP contribution in [0.5, 0.6) is 0 Å². The zero-order chi connectivity index (χ0) is 12.8. The number of aliphatic hydroxyl groups is 1. The summed E-state index contributed by atoms with van der Waals surface area (Å²) in [6.45, 7) is 0.680. The Hall–Kier alpha value is -1.35. The normalized spacial score (nSPS) is 12.3. The standard InChI is InChI=1S/C15H16ClNO/c16-14-8-6-13(7-9-14)15(17-10-11-18)12-4-2-1-3-5-12/h1-9,15,17-18H,10-11H2/t15-/m0/s1. The largest absolute Gasteiger partial charge is 0.395 e. The van der Waals surface area contributed by atoms with Crippen molar-refractivity contribution in [1.29, 1.82) is 0 Å². The molecule has 94 valence electrons. The lowest BCUT2D eigenvalue weighted by Crippen LogP contribution is -2.25. The van der Waals surface area contributed by atoms with Crippen molar-refractivity contribution in [1.82, 2.24) is 5.32 Å². The zero-order valence-corrected chi connectivity index (χ0v) is 10.8. The number of benzene rings is 2. The van der Waals surface area contributed by atoms with Crippen molar-refractivity contribution in [2.24, 2.45) is 0 Å². The second kappa shape index (κ2) is 6.55. The Morgan fingerprint density at radius 3 is 2.17 bits per heavy atom. The Balaban J connectivity index is 2.27. The van der Waals surface area contributed by atoms with Crippen molar-refractivity contribution in [2.75, 3.05) is 13.2 Å². The summed E-state index contributed by atoms with van der Waals surface area (Å²) in [7, 11) is 0. The van der Waals surface area contributed by atoms with Gasteiger partial charge < -0.3 is 10.4 Å². The number of nitrogens with one attached hydrogen (secondary N) is 1. The molecular weight excluding hydrogens is 246 g/mol. The van der Waals surface area contributed by atoms with Crippen LogP contribution in [0, 0.1) is 0 Å². The maximum Gasteiger partial charge on any atom is 0.0577 e. The fourth-order valence-electron chi connectivity index (χ4n) is 1.94. The highest BCUT2D eigenvalue weighted by Gasteiger charge is 2.12. The third-order valence-corrected chi connectivity index (χ3v) is 3.05. The third-order valence-electron chi connectivity index (χ3n) is 2.80. The molecular formula is C15H16ClNO. The van der Waals surface area contributed by atoms with E-state index in [-0.39, 0.29) is 12.6 Å². The Bertz CT molecular complexity index is 470. The van der Waals surface area contributed by atoms with Crippen molar-refractivity contribution in [2.45, 2.75) is 6.04 Å². The molecule has 0 unspecified atom stereocenters. The molecule has 2 aromatic carbocycles. The van der Waals surface area contributed by atoms with Gasteiger partial charge in [-0.25, -0.2) is 0 Å². The molecule has 0 saturated carbocycles. The van der Waals surface area contributed by atoms with E-state index in [0.717, 1.165) is 10.6 Å². The van der Waals surface area contributed by atoms with Crippen molar-refractivity contribution in [3.8, 4) is 0 Å². The molecule has 2 aromatic rings. The van der Waals surface area contributed by atoms with E-state index in [1.807, 2.05) is 42.5 Å². The van der Waals surface area contributed by atoms with E-state index in [2.05, 4.69) is 17.4 Å². The summed E-state index contributed by atoms with van der Waals surface area (Å²) in [6.07, 6.45) is 0. The van der Waals surface area contributed by atoms with Crippen LogP contribution in [0.1, 0.15) is 17.2 Å². The van der Waals surface area contributed by atoms with Crippen LogP contribution >= 0.6 is 11.6 Å². The molecule has 0 saturated heterocycles. The molecule has 0 aliphatic heterocycles. The van der Waals surface area contributed by atoms with Crippen LogP contribution < -0.4 is 5.32 Å². The van der Waals surface area contributed by atoms with Gasteiger partial charge in [0.15, 0.2) is 0 Å². The van der Waals surface area contributed by atoms with Crippen LogP contribution in [-0.2, 0) is 0 Å². The van der Waals surface area contributed by atoms with Crippen molar-refractivity contribution < 1.29 is 5.11 Å². The van der Waals surface area contributed by atoms with Gasteiger partial charge in [0.05, 0.1) is 12.6 Å². The van der Waals surface area contributed by atoms with E-state index in [0.29, 0.717) is 6.54 Å². The predicted molar refractivity (Wildman–Crippen MR) is 74.8 cm³/mol. The minimum absolute atomic E-state index is 0.0793. The molecule has 1 atom stereocenters. The minimum Gasteiger partial charge on any atom is -0.395 e. The fraction of sp³-hybridized carbons (Fsp3) is 0.200. The number of hydrogen-bond acceptors (Lipinski definition) is 2. The first-order valence-corrected chi connectivity index (χ1v) is 6.33. The van der Waals surface area contributed by atoms with Gasteiger partial charge in [-0.15, -0.1) is 0 Å². The van der Waals surface area contributed by atoms with Gasteiger partial charge in [0.1, 0.15) is 0 Å². The molecule has 0 aliphatic rings. The summed E-state index contributed by atoms with van der Waals surface area (Å²) in [5.41, 5.74) is 2.31. The molecule has 0 aliphatic carbocycles. The van der Waals surface area contributed by atoms with Crippen molar-refractivity contribution in [3.05, 3.63) is 70.7 Å². The Kier molecular flexibility index (Phi) is 4.76. The summed E-state index contributed by atoms with van der Waals surface area (Å²) < 4.78 is 0. The lowest BCUT2D eigenvalue weighted by molar-refractivity contribution is 0.288. The molecule has 2 N–H and O–H groups in total. The van der Waals surface area contributed by atoms with Gasteiger partial charge in [-0.05, 0) is 23.3 Å². The van der Waals surface area contributed by atoms with Gasteiger partial charge in [0.2, 0.25) is 0 Å². The van der Waals surface area contributed by atoms with E-state index in [9.17, 15) is 0 Å². The Morgan fingerprint density at radius 1 is 0.944 bits per heavy atom. The van der Waals surface area contributed by atoms with Crippen LogP contribution in [0.2, 0.25) is 5.02 Å². The maximum absolute atomic E-state index is 8.97. The van der Waals surface area contributed by atoms with Gasteiger partial charge in [-0.2, -0.15) is 0 Å². The smallest absolute Gasteiger partial charge is 0.0577 e. The van der Waals surface area contributed by atoms with Crippen LogP contribution in [0.15, 0.2) is 54.6 Å². The second-order valence-corrected chi connectivity index (χ2v) is 4.51. The fourth-order valence-corrected chi connectivity index (χ4v) is 2.06. The lowest BCUT2D eigenvalue weighted by atomic mass is 9.99. The number of rotatable bonds is 5. The van der Waals surface area contributed by atoms with Gasteiger partial charge in [0, 0.05) is 11.6 Å². The molecule has 2 rings (SSSR count). The topological polar surface area (TPSA) is 32.3 Å². The van der Waals surface area contributed by atoms with Gasteiger partial charge >= 0.3 is 0 Å². The Labute approximate surface area is 112 Å². The quantitative estimate of drug-likeness (QED) is 0.867. The molecule has 18 heavy (non-hydrogen) atoms. The third kappa shape index (κ3) is 3.33. The highest BCUT2D eigenvalue weighted by atomic mass is 35.5. The minimum atomic E-state index is 0.0793. The number of hydrogen-bond donors (Lipinski definition) is 2. The number of halogens is 1. The van der Waals surface area contributed by atoms with Crippen molar-refractivity contribution in [3.63, 3.8) is 0 Å². The molecule has 0 radical (unpaired) electrons. The van der Waals surface area contributed by atoms with E-state index in [1.54, 1.807) is 0 Å². The number of aliphatic hydroxyl groups excluding tert-OH is 1. The second-order valence-electron chi connectivity index (χ2n) is 4.07. The molecule has 0 bridgehead atoms. The van der Waals surface area contributed by atoms with E-state index in [1.165, 1.54) is 5.56 Å². The summed E-state index contributed by atoms with van der Waals surface area (Å²) in [6, 6.07) is 18.0. The molecule has 0 amide bonds. The summed E-state index contributed by atoms with van der Waals surface area (Å²) in [5.74, 6) is 0. The summed E-state index contributed by atoms with van der Waals surface area (Å²) in [4.78, 5) is 0. The molecule has 0 aromatic heterocycles. The van der Waals surface area contributed by atoms with Gasteiger partial charge in [-0.3, -0.25) is 0 Å². The maximum atomic E-state index is 8.97. The average molecular weight is 262 g/mol. The van der Waals surface area contributed by atoms with E-state index < -0.39 is 0 Å². The average Bonchev–Trinajstić information content (AvgIpc) is 2.42. The van der Waals surface area contributed by atoms with Crippen LogP contribution in [0.25, 0.3) is 0 Å². The van der Waals surface area contributed by atoms with Crippen LogP contribution in [0.3, 0.4) is 0 Å². The highest BCUT2D eigenvalue weighted by Crippen LogP contribution is 2.23. The SMILES string of the molecule is OCCN[C@@H](c1ccccc1)c1ccc(Cl)cc1. The van der Waals surface area contributed by atoms with Gasteiger partial charge in [0.25, 0.3) is 0 Å². The molecule has 2 nitrogen and oxygen atoms in total. The van der Waals surface area contributed by atoms with Crippen molar-refractivity contribution >= 4 is 11.6 Å². The first kappa shape index (κ1) is 13.1. The van der Waals surface area contributed by atoms with Gasteiger partial charge in [-0.1, -0.05) is 54.1 Å². The first-order chi connectivity index (χ1) is 8.81. The zero-order valence-electron chi connectivity index (χ0n) is 10.0. The highest BCUT2D eigenvalue weighted by molar-refractivity contribution is 6.30. The summed E-state index contributed by atoms with van der Waals surface area (Å²) >= 11 is 5.91. The van der Waals surface area contributed by atoms with E-state index in [4.69, 9.17) is 16.7 Å². The molecule has 0 spiro atoms. The predicted octanol–water partition coefficient (Wildman–Crippen LogP) is 3.01. The summed E-state index contributed by atoms with van der Waals surface area (Å²) in [5, 5.41) is 13.0. The van der Waals surface area contributed by atoms with E-state index >= 15 is 0 Å². The molecule has 3 heteroatoms. The first-order valence-electron chi connectivity index (χ1n) is 5.96. The van der Waals surface area contributed by atoms with Crippen LogP contribution in [0.4, 0.5) is 0 Å². The monoisotopic (exact) mass is 261 g/mol. The Morgan fingerprint density at radius 2 is 1.56 bits per heavy atom. The molecule has 0 fully saturated rings. The molecule has 0 heterocycles. The van der Waals surface area contributed by atoms with Crippen LogP contribution in [-0.4, -0.2) is 18.3 Å². The lowest BCUT2D eigenvalue weighted by Gasteiger charge is -2.19.